The van der Waals surface area contributed by atoms with Crippen molar-refractivity contribution < 1.29 is 0 Å². The van der Waals surface area contributed by atoms with Gasteiger partial charge in [-0.2, -0.15) is 0 Å². The van der Waals surface area contributed by atoms with Gasteiger partial charge in [0.2, 0.25) is 0 Å². The van der Waals surface area contributed by atoms with Crippen LogP contribution in [0.2, 0.25) is 5.02 Å². The molecule has 0 bridgehead atoms. The summed E-state index contributed by atoms with van der Waals surface area (Å²) in [5.74, 6) is 0.939. The molecule has 21 heavy (non-hydrogen) atoms. The minimum absolute atomic E-state index is 0.696. The Balaban J connectivity index is 2.13. The molecule has 0 atom stereocenters. The largest absolute Gasteiger partial charge is 0.355 e. The van der Waals surface area contributed by atoms with Gasteiger partial charge < -0.3 is 10.2 Å². The lowest BCUT2D eigenvalue weighted by molar-refractivity contribution is 0.708. The van der Waals surface area contributed by atoms with Crippen molar-refractivity contribution in [3.8, 4) is 0 Å². The van der Waals surface area contributed by atoms with E-state index in [2.05, 4.69) is 60.4 Å². The Morgan fingerprint density at radius 1 is 1.24 bits per heavy atom. The van der Waals surface area contributed by atoms with E-state index in [0.717, 1.165) is 24.6 Å². The molecule has 112 valence electrons. The summed E-state index contributed by atoms with van der Waals surface area (Å²) in [6, 6.07) is 12.4. The zero-order valence-electron chi connectivity index (χ0n) is 12.9. The maximum Gasteiger partial charge on any atom is 0.129 e. The van der Waals surface area contributed by atoms with Crippen LogP contribution in [0.5, 0.6) is 0 Å². The molecule has 1 N–H and O–H groups in total. The zero-order chi connectivity index (χ0) is 15.2. The fourth-order valence-electron chi connectivity index (χ4n) is 2.22. The van der Waals surface area contributed by atoms with E-state index in [4.69, 9.17) is 11.6 Å². The number of aromatic nitrogens is 1. The summed E-state index contributed by atoms with van der Waals surface area (Å²) in [7, 11) is 2.05. The fourth-order valence-corrected chi connectivity index (χ4v) is 2.39. The predicted molar refractivity (Wildman–Crippen MR) is 89.9 cm³/mol. The molecule has 0 spiro atoms. The number of anilines is 1. The molecule has 1 aromatic heterocycles. The lowest BCUT2D eigenvalue weighted by atomic mass is 10.1. The maximum atomic E-state index is 6.20. The minimum atomic E-state index is 0.696. The van der Waals surface area contributed by atoms with Gasteiger partial charge in [-0.3, -0.25) is 0 Å². The average Bonchev–Trinajstić information content (AvgIpc) is 2.46. The molecule has 0 aliphatic heterocycles. The Bertz CT molecular complexity index is 598. The molecule has 0 amide bonds. The molecular formula is C17H22ClN3. The topological polar surface area (TPSA) is 28.2 Å². The van der Waals surface area contributed by atoms with Crippen LogP contribution in [0.1, 0.15) is 23.7 Å². The normalized spacial score (nSPS) is 10.7. The van der Waals surface area contributed by atoms with E-state index in [1.807, 2.05) is 12.1 Å². The van der Waals surface area contributed by atoms with Crippen LogP contribution < -0.4 is 10.2 Å². The van der Waals surface area contributed by atoms with Crippen LogP contribution in [-0.2, 0) is 13.1 Å². The lowest BCUT2D eigenvalue weighted by Gasteiger charge is -2.19. The number of hydrogen-bond donors (Lipinski definition) is 1. The highest BCUT2D eigenvalue weighted by molar-refractivity contribution is 6.31. The zero-order valence-corrected chi connectivity index (χ0v) is 13.6. The smallest absolute Gasteiger partial charge is 0.129 e. The highest BCUT2D eigenvalue weighted by atomic mass is 35.5. The molecule has 1 aromatic carbocycles. The van der Waals surface area contributed by atoms with E-state index in [1.54, 1.807) is 0 Å². The number of nitrogens with zero attached hydrogens (tertiary/aromatic N) is 2. The van der Waals surface area contributed by atoms with Crippen LogP contribution in [0, 0.1) is 6.92 Å². The first kappa shape index (κ1) is 15.8. The number of pyridine rings is 1. The van der Waals surface area contributed by atoms with Gasteiger partial charge in [-0.25, -0.2) is 4.98 Å². The molecule has 0 radical (unpaired) electrons. The third-order valence-electron chi connectivity index (χ3n) is 3.34. The quantitative estimate of drug-likeness (QED) is 0.880. The number of benzene rings is 1. The Kier molecular flexibility index (Phi) is 5.59. The number of hydrogen-bond acceptors (Lipinski definition) is 3. The van der Waals surface area contributed by atoms with Gasteiger partial charge >= 0.3 is 0 Å². The standard InChI is InChI=1S/C17H22ClN3/c1-4-19-11-16-15(18)8-9-17(20-16)21(3)12-14-7-5-6-13(2)10-14/h5-10,19H,4,11-12H2,1-3H3. The highest BCUT2D eigenvalue weighted by Gasteiger charge is 2.08. The Morgan fingerprint density at radius 3 is 2.76 bits per heavy atom. The van der Waals surface area contributed by atoms with Crippen LogP contribution >= 0.6 is 11.6 Å². The van der Waals surface area contributed by atoms with Gasteiger partial charge in [0, 0.05) is 20.1 Å². The number of halogens is 1. The van der Waals surface area contributed by atoms with Gasteiger partial charge in [0.1, 0.15) is 5.82 Å². The highest BCUT2D eigenvalue weighted by Crippen LogP contribution is 2.20. The van der Waals surface area contributed by atoms with Crippen LogP contribution in [0.15, 0.2) is 36.4 Å². The van der Waals surface area contributed by atoms with Crippen molar-refractivity contribution in [3.05, 3.63) is 58.2 Å². The van der Waals surface area contributed by atoms with Gasteiger partial charge in [0.25, 0.3) is 0 Å². The molecule has 0 aliphatic carbocycles. The summed E-state index contributed by atoms with van der Waals surface area (Å²) in [5.41, 5.74) is 3.45. The molecule has 2 rings (SSSR count). The Labute approximate surface area is 132 Å². The van der Waals surface area contributed by atoms with Crippen molar-refractivity contribution in [1.29, 1.82) is 0 Å². The first-order chi connectivity index (χ1) is 10.1. The molecule has 3 nitrogen and oxygen atoms in total. The monoisotopic (exact) mass is 303 g/mol. The average molecular weight is 304 g/mol. The SMILES string of the molecule is CCNCc1nc(N(C)Cc2cccc(C)c2)ccc1Cl. The first-order valence-corrected chi connectivity index (χ1v) is 7.60. The van der Waals surface area contributed by atoms with Gasteiger partial charge in [0.05, 0.1) is 10.7 Å². The second-order valence-corrected chi connectivity index (χ2v) is 5.63. The van der Waals surface area contributed by atoms with Crippen LogP contribution in [0.4, 0.5) is 5.82 Å². The number of rotatable bonds is 6. The number of nitrogens with one attached hydrogen (secondary N) is 1. The molecule has 0 unspecified atom stereocenters. The predicted octanol–water partition coefficient (Wildman–Crippen LogP) is 3.79. The Hall–Kier alpha value is -1.58. The van der Waals surface area contributed by atoms with Crippen molar-refractivity contribution >= 4 is 17.4 Å². The molecule has 0 saturated carbocycles. The maximum absolute atomic E-state index is 6.20. The van der Waals surface area contributed by atoms with Gasteiger partial charge in [-0.05, 0) is 31.2 Å². The second kappa shape index (κ2) is 7.43. The van der Waals surface area contributed by atoms with Crippen LogP contribution in [-0.4, -0.2) is 18.6 Å². The first-order valence-electron chi connectivity index (χ1n) is 7.23. The molecule has 1 heterocycles. The summed E-state index contributed by atoms with van der Waals surface area (Å²) in [6.07, 6.45) is 0. The lowest BCUT2D eigenvalue weighted by Crippen LogP contribution is -2.19. The Morgan fingerprint density at radius 2 is 2.05 bits per heavy atom. The fraction of sp³-hybridized carbons (Fsp3) is 0.353. The molecule has 0 fully saturated rings. The van der Waals surface area contributed by atoms with Crippen LogP contribution in [0.3, 0.4) is 0 Å². The summed E-state index contributed by atoms with van der Waals surface area (Å²) < 4.78 is 0. The molecule has 4 heteroatoms. The van der Waals surface area contributed by atoms with Gasteiger partial charge in [-0.1, -0.05) is 48.4 Å². The summed E-state index contributed by atoms with van der Waals surface area (Å²) in [4.78, 5) is 6.80. The van der Waals surface area contributed by atoms with Gasteiger partial charge in [-0.15, -0.1) is 0 Å². The molecular weight excluding hydrogens is 282 g/mol. The third kappa shape index (κ3) is 4.45. The van der Waals surface area contributed by atoms with E-state index in [0.29, 0.717) is 11.6 Å². The van der Waals surface area contributed by atoms with Gasteiger partial charge in [0.15, 0.2) is 0 Å². The molecule has 2 aromatic rings. The molecule has 0 saturated heterocycles. The summed E-state index contributed by atoms with van der Waals surface area (Å²) >= 11 is 6.20. The van der Waals surface area contributed by atoms with Crippen molar-refractivity contribution in [1.82, 2.24) is 10.3 Å². The summed E-state index contributed by atoms with van der Waals surface area (Å²) in [6.45, 7) is 6.61. The van der Waals surface area contributed by atoms with E-state index in [9.17, 15) is 0 Å². The van der Waals surface area contributed by atoms with Crippen molar-refractivity contribution in [2.75, 3.05) is 18.5 Å². The molecule has 0 aliphatic rings. The second-order valence-electron chi connectivity index (χ2n) is 5.22. The van der Waals surface area contributed by atoms with E-state index in [-0.39, 0.29) is 0 Å². The van der Waals surface area contributed by atoms with Crippen molar-refractivity contribution in [3.63, 3.8) is 0 Å². The van der Waals surface area contributed by atoms with Crippen molar-refractivity contribution in [2.24, 2.45) is 0 Å². The minimum Gasteiger partial charge on any atom is -0.355 e. The number of aryl methyl sites for hydroxylation is 1. The third-order valence-corrected chi connectivity index (χ3v) is 3.68. The van der Waals surface area contributed by atoms with E-state index < -0.39 is 0 Å². The van der Waals surface area contributed by atoms with Crippen molar-refractivity contribution in [2.45, 2.75) is 26.9 Å². The van der Waals surface area contributed by atoms with E-state index >= 15 is 0 Å². The van der Waals surface area contributed by atoms with E-state index in [1.165, 1.54) is 11.1 Å². The van der Waals surface area contributed by atoms with Crippen LogP contribution in [0.25, 0.3) is 0 Å². The summed E-state index contributed by atoms with van der Waals surface area (Å²) in [5, 5.41) is 3.97.